The first-order chi connectivity index (χ1) is 8.74. The first-order valence-corrected chi connectivity index (χ1v) is 7.57. The molecule has 1 aromatic carbocycles. The lowest BCUT2D eigenvalue weighted by Gasteiger charge is -2.28. The fourth-order valence-corrected chi connectivity index (χ4v) is 3.12. The van der Waals surface area contributed by atoms with Crippen LogP contribution in [0.4, 0.5) is 0 Å². The van der Waals surface area contributed by atoms with Gasteiger partial charge in [0.1, 0.15) is 0 Å². The van der Waals surface area contributed by atoms with Crippen molar-refractivity contribution in [3.8, 4) is 0 Å². The fraction of sp³-hybridized carbons (Fsp3) is 0.333. The summed E-state index contributed by atoms with van der Waals surface area (Å²) in [5, 5.41) is 15.0. The van der Waals surface area contributed by atoms with Gasteiger partial charge in [-0.3, -0.25) is 0 Å². The Bertz CT molecular complexity index is 455. The SMILES string of the molecule is OC(CCCl)(CCc1ccsc1)c1ccccc1. The number of aryl methyl sites for hydroxylation is 1. The van der Waals surface area contributed by atoms with Crippen LogP contribution in [0.2, 0.25) is 0 Å². The van der Waals surface area contributed by atoms with Crippen molar-refractivity contribution in [3.63, 3.8) is 0 Å². The standard InChI is InChI=1S/C15H17ClOS/c16-10-9-15(17,14-4-2-1-3-5-14)8-6-13-7-11-18-12-13/h1-5,7,11-12,17H,6,8-10H2. The zero-order valence-electron chi connectivity index (χ0n) is 10.2. The van der Waals surface area contributed by atoms with Crippen molar-refractivity contribution in [1.82, 2.24) is 0 Å². The van der Waals surface area contributed by atoms with Gasteiger partial charge in [-0.05, 0) is 47.2 Å². The van der Waals surface area contributed by atoms with Gasteiger partial charge in [-0.15, -0.1) is 11.6 Å². The highest BCUT2D eigenvalue weighted by Gasteiger charge is 2.28. The van der Waals surface area contributed by atoms with Crippen LogP contribution in [-0.4, -0.2) is 11.0 Å². The molecule has 0 saturated carbocycles. The number of hydrogen-bond acceptors (Lipinski definition) is 2. The average molecular weight is 281 g/mol. The Labute approximate surface area is 117 Å². The van der Waals surface area contributed by atoms with Gasteiger partial charge in [-0.2, -0.15) is 11.3 Å². The molecule has 0 aliphatic rings. The molecule has 0 fully saturated rings. The monoisotopic (exact) mass is 280 g/mol. The summed E-state index contributed by atoms with van der Waals surface area (Å²) in [7, 11) is 0. The van der Waals surface area contributed by atoms with Gasteiger partial charge in [0.2, 0.25) is 0 Å². The van der Waals surface area contributed by atoms with Crippen molar-refractivity contribution in [3.05, 3.63) is 58.3 Å². The zero-order valence-corrected chi connectivity index (χ0v) is 11.8. The van der Waals surface area contributed by atoms with Gasteiger partial charge in [0.05, 0.1) is 5.60 Å². The quantitative estimate of drug-likeness (QED) is 0.787. The predicted molar refractivity (Wildman–Crippen MR) is 78.3 cm³/mol. The molecule has 2 rings (SSSR count). The number of thiophene rings is 1. The van der Waals surface area contributed by atoms with E-state index in [0.29, 0.717) is 18.7 Å². The molecular weight excluding hydrogens is 264 g/mol. The van der Waals surface area contributed by atoms with Crippen molar-refractivity contribution >= 4 is 22.9 Å². The van der Waals surface area contributed by atoms with E-state index in [2.05, 4.69) is 16.8 Å². The highest BCUT2D eigenvalue weighted by molar-refractivity contribution is 7.07. The number of alkyl halides is 1. The van der Waals surface area contributed by atoms with Crippen molar-refractivity contribution in [2.75, 3.05) is 5.88 Å². The summed E-state index contributed by atoms with van der Waals surface area (Å²) >= 11 is 7.53. The molecule has 3 heteroatoms. The molecule has 1 nitrogen and oxygen atoms in total. The maximum absolute atomic E-state index is 10.8. The first kappa shape index (κ1) is 13.6. The van der Waals surface area contributed by atoms with Crippen molar-refractivity contribution in [1.29, 1.82) is 0 Å². The first-order valence-electron chi connectivity index (χ1n) is 6.09. The second kappa shape index (κ2) is 6.37. The number of halogens is 1. The van der Waals surface area contributed by atoms with Crippen LogP contribution in [0.1, 0.15) is 24.0 Å². The van der Waals surface area contributed by atoms with E-state index in [-0.39, 0.29) is 0 Å². The molecule has 0 saturated heterocycles. The van der Waals surface area contributed by atoms with Crippen LogP contribution in [0, 0.1) is 0 Å². The number of hydrogen-bond donors (Lipinski definition) is 1. The second-order valence-corrected chi connectivity index (χ2v) is 5.63. The topological polar surface area (TPSA) is 20.2 Å². The minimum atomic E-state index is -0.815. The second-order valence-electron chi connectivity index (χ2n) is 4.47. The molecule has 1 aromatic heterocycles. The van der Waals surface area contributed by atoms with E-state index in [4.69, 9.17) is 11.6 Å². The summed E-state index contributed by atoms with van der Waals surface area (Å²) in [6, 6.07) is 11.9. The average Bonchev–Trinajstić information content (AvgIpc) is 2.91. The summed E-state index contributed by atoms with van der Waals surface area (Å²) in [4.78, 5) is 0. The third-order valence-electron chi connectivity index (χ3n) is 3.23. The Morgan fingerprint density at radius 3 is 2.50 bits per heavy atom. The summed E-state index contributed by atoms with van der Waals surface area (Å²) in [5.74, 6) is 0.467. The Balaban J connectivity index is 2.11. The number of rotatable bonds is 6. The lowest BCUT2D eigenvalue weighted by Crippen LogP contribution is -2.27. The van der Waals surface area contributed by atoms with Crippen LogP contribution in [0.25, 0.3) is 0 Å². The molecule has 2 aromatic rings. The third-order valence-corrected chi connectivity index (χ3v) is 4.15. The highest BCUT2D eigenvalue weighted by Crippen LogP contribution is 2.31. The number of benzene rings is 1. The lowest BCUT2D eigenvalue weighted by atomic mass is 9.86. The van der Waals surface area contributed by atoms with E-state index in [9.17, 15) is 5.11 Å². The maximum Gasteiger partial charge on any atom is 0.0911 e. The largest absolute Gasteiger partial charge is 0.385 e. The zero-order chi connectivity index (χ0) is 12.8. The molecule has 1 unspecified atom stereocenters. The van der Waals surface area contributed by atoms with Gasteiger partial charge < -0.3 is 5.11 Å². The Hall–Kier alpha value is -0.830. The Morgan fingerprint density at radius 2 is 1.89 bits per heavy atom. The predicted octanol–water partition coefficient (Wildman–Crippen LogP) is 4.20. The van der Waals surface area contributed by atoms with E-state index in [1.165, 1.54) is 5.56 Å². The molecule has 18 heavy (non-hydrogen) atoms. The van der Waals surface area contributed by atoms with Crippen LogP contribution in [0.15, 0.2) is 47.2 Å². The summed E-state index contributed by atoms with van der Waals surface area (Å²) < 4.78 is 0. The van der Waals surface area contributed by atoms with E-state index >= 15 is 0 Å². The van der Waals surface area contributed by atoms with Crippen LogP contribution >= 0.6 is 22.9 Å². The molecular formula is C15H17ClOS. The molecule has 0 amide bonds. The summed E-state index contributed by atoms with van der Waals surface area (Å²) in [6.07, 6.45) is 2.18. The molecule has 1 N–H and O–H groups in total. The van der Waals surface area contributed by atoms with Crippen molar-refractivity contribution < 1.29 is 5.11 Å². The van der Waals surface area contributed by atoms with Crippen molar-refractivity contribution in [2.45, 2.75) is 24.9 Å². The number of aliphatic hydroxyl groups is 1. The normalized spacial score (nSPS) is 14.3. The molecule has 0 spiro atoms. The maximum atomic E-state index is 10.8. The third kappa shape index (κ3) is 3.35. The molecule has 96 valence electrons. The van der Waals surface area contributed by atoms with Crippen LogP contribution < -0.4 is 0 Å². The van der Waals surface area contributed by atoms with E-state index in [0.717, 1.165) is 12.0 Å². The van der Waals surface area contributed by atoms with Crippen LogP contribution in [0.5, 0.6) is 0 Å². The van der Waals surface area contributed by atoms with E-state index in [1.807, 2.05) is 30.3 Å². The molecule has 0 radical (unpaired) electrons. The Kier molecular flexibility index (Phi) is 4.81. The Morgan fingerprint density at radius 1 is 1.11 bits per heavy atom. The van der Waals surface area contributed by atoms with E-state index in [1.54, 1.807) is 11.3 Å². The minimum absolute atomic E-state index is 0.467. The van der Waals surface area contributed by atoms with Gasteiger partial charge in [-0.25, -0.2) is 0 Å². The lowest BCUT2D eigenvalue weighted by molar-refractivity contribution is 0.0245. The molecule has 0 aliphatic heterocycles. The molecule has 0 aliphatic carbocycles. The van der Waals surface area contributed by atoms with Crippen molar-refractivity contribution in [2.24, 2.45) is 0 Å². The van der Waals surface area contributed by atoms with Crippen LogP contribution in [0.3, 0.4) is 0 Å². The van der Waals surface area contributed by atoms with Gasteiger partial charge >= 0.3 is 0 Å². The summed E-state index contributed by atoms with van der Waals surface area (Å²) in [6.45, 7) is 0. The summed E-state index contributed by atoms with van der Waals surface area (Å²) in [5.41, 5.74) is 1.43. The molecule has 1 heterocycles. The minimum Gasteiger partial charge on any atom is -0.385 e. The smallest absolute Gasteiger partial charge is 0.0911 e. The fourth-order valence-electron chi connectivity index (χ4n) is 2.10. The van der Waals surface area contributed by atoms with Gasteiger partial charge in [0.25, 0.3) is 0 Å². The molecule has 0 bridgehead atoms. The van der Waals surface area contributed by atoms with Gasteiger partial charge in [-0.1, -0.05) is 30.3 Å². The molecule has 1 atom stereocenters. The van der Waals surface area contributed by atoms with Gasteiger partial charge in [0.15, 0.2) is 0 Å². The van der Waals surface area contributed by atoms with E-state index < -0.39 is 5.60 Å². The van der Waals surface area contributed by atoms with Crippen LogP contribution in [-0.2, 0) is 12.0 Å². The van der Waals surface area contributed by atoms with Gasteiger partial charge in [0, 0.05) is 5.88 Å². The highest BCUT2D eigenvalue weighted by atomic mass is 35.5.